The quantitative estimate of drug-likeness (QED) is 0.798. The molecule has 0 atom stereocenters. The summed E-state index contributed by atoms with van der Waals surface area (Å²) in [7, 11) is 0. The fourth-order valence-electron chi connectivity index (χ4n) is 2.95. The van der Waals surface area contributed by atoms with Crippen molar-refractivity contribution in [3.8, 4) is 11.3 Å². The Hall–Kier alpha value is -2.20. The first-order chi connectivity index (χ1) is 10.3. The molecule has 0 bridgehead atoms. The topological polar surface area (TPSA) is 37.5 Å². The summed E-state index contributed by atoms with van der Waals surface area (Å²) in [6.07, 6.45) is 4.22. The van der Waals surface area contributed by atoms with Crippen molar-refractivity contribution in [2.45, 2.75) is 25.4 Å². The molecule has 0 spiro atoms. The van der Waals surface area contributed by atoms with E-state index in [1.165, 1.54) is 17.7 Å². The van der Waals surface area contributed by atoms with Crippen molar-refractivity contribution < 1.29 is 9.50 Å². The number of aliphatic hydroxyl groups is 1. The SMILES string of the molecule is OCc1c(-c2ccc(F)cc2)nn2cccc2c1C1CC1. The number of benzene rings is 1. The van der Waals surface area contributed by atoms with Gasteiger partial charge in [0.05, 0.1) is 17.8 Å². The smallest absolute Gasteiger partial charge is 0.123 e. The zero-order chi connectivity index (χ0) is 14.4. The first-order valence-corrected chi connectivity index (χ1v) is 7.15. The van der Waals surface area contributed by atoms with E-state index in [1.807, 2.05) is 22.8 Å². The number of aromatic nitrogens is 2. The maximum Gasteiger partial charge on any atom is 0.123 e. The maximum absolute atomic E-state index is 13.1. The normalized spacial score (nSPS) is 14.8. The molecular weight excluding hydrogens is 267 g/mol. The van der Waals surface area contributed by atoms with Crippen molar-refractivity contribution in [3.05, 3.63) is 59.5 Å². The second-order valence-corrected chi connectivity index (χ2v) is 5.52. The van der Waals surface area contributed by atoms with Crippen LogP contribution in [0.15, 0.2) is 42.6 Å². The highest BCUT2D eigenvalue weighted by Crippen LogP contribution is 2.45. The number of rotatable bonds is 3. The van der Waals surface area contributed by atoms with Gasteiger partial charge in [0, 0.05) is 17.3 Å². The summed E-state index contributed by atoms with van der Waals surface area (Å²) < 4.78 is 15.0. The van der Waals surface area contributed by atoms with Crippen LogP contribution in [0.1, 0.15) is 29.9 Å². The summed E-state index contributed by atoms with van der Waals surface area (Å²) in [4.78, 5) is 0. The Bertz CT molecular complexity index is 804. The van der Waals surface area contributed by atoms with Crippen LogP contribution in [0, 0.1) is 5.82 Å². The summed E-state index contributed by atoms with van der Waals surface area (Å²) in [6.45, 7) is -0.0484. The van der Waals surface area contributed by atoms with E-state index in [9.17, 15) is 9.50 Å². The zero-order valence-electron chi connectivity index (χ0n) is 11.5. The van der Waals surface area contributed by atoms with E-state index in [0.717, 1.165) is 35.2 Å². The Balaban J connectivity index is 2.01. The minimum atomic E-state index is -0.270. The van der Waals surface area contributed by atoms with Gasteiger partial charge >= 0.3 is 0 Å². The Labute approximate surface area is 121 Å². The van der Waals surface area contributed by atoms with Crippen LogP contribution in [0.3, 0.4) is 0 Å². The number of fused-ring (bicyclic) bond motifs is 1. The van der Waals surface area contributed by atoms with E-state index in [4.69, 9.17) is 0 Å². The second-order valence-electron chi connectivity index (χ2n) is 5.52. The first-order valence-electron chi connectivity index (χ1n) is 7.15. The van der Waals surface area contributed by atoms with Crippen LogP contribution in [0.2, 0.25) is 0 Å². The molecule has 2 aromatic heterocycles. The Morgan fingerprint density at radius 3 is 2.62 bits per heavy atom. The monoisotopic (exact) mass is 282 g/mol. The van der Waals surface area contributed by atoms with Gasteiger partial charge in [-0.25, -0.2) is 8.91 Å². The maximum atomic E-state index is 13.1. The molecule has 1 aliphatic rings. The van der Waals surface area contributed by atoms with Crippen molar-refractivity contribution in [2.75, 3.05) is 0 Å². The van der Waals surface area contributed by atoms with Gasteiger partial charge in [-0.05, 0) is 60.7 Å². The molecular formula is C17H15FN2O. The van der Waals surface area contributed by atoms with Crippen LogP contribution in [0.25, 0.3) is 16.8 Å². The predicted octanol–water partition coefficient (Wildman–Crippen LogP) is 3.51. The number of aliphatic hydroxyl groups excluding tert-OH is 1. The fourth-order valence-corrected chi connectivity index (χ4v) is 2.95. The van der Waals surface area contributed by atoms with Crippen molar-refractivity contribution in [1.29, 1.82) is 0 Å². The molecule has 3 nitrogen and oxygen atoms in total. The molecule has 1 aromatic carbocycles. The van der Waals surface area contributed by atoms with Crippen molar-refractivity contribution >= 4 is 5.52 Å². The lowest BCUT2D eigenvalue weighted by atomic mass is 9.98. The van der Waals surface area contributed by atoms with Crippen molar-refractivity contribution in [1.82, 2.24) is 9.61 Å². The van der Waals surface area contributed by atoms with Gasteiger partial charge < -0.3 is 5.11 Å². The second kappa shape index (κ2) is 4.67. The standard InChI is InChI=1S/C17H15FN2O/c18-13-7-5-12(6-8-13)17-14(10-21)16(11-3-4-11)15-2-1-9-20(15)19-17/h1-2,5-9,11,21H,3-4,10H2. The minimum Gasteiger partial charge on any atom is -0.392 e. The van der Waals surface area contributed by atoms with Gasteiger partial charge in [0.2, 0.25) is 0 Å². The average molecular weight is 282 g/mol. The number of nitrogens with zero attached hydrogens (tertiary/aromatic N) is 2. The molecule has 1 saturated carbocycles. The largest absolute Gasteiger partial charge is 0.392 e. The third-order valence-electron chi connectivity index (χ3n) is 4.08. The van der Waals surface area contributed by atoms with E-state index >= 15 is 0 Å². The van der Waals surface area contributed by atoms with Gasteiger partial charge in [-0.3, -0.25) is 0 Å². The number of halogens is 1. The highest BCUT2D eigenvalue weighted by Gasteiger charge is 2.30. The summed E-state index contributed by atoms with van der Waals surface area (Å²) >= 11 is 0. The van der Waals surface area contributed by atoms with Crippen LogP contribution in [0.4, 0.5) is 4.39 Å². The van der Waals surface area contributed by atoms with Crippen molar-refractivity contribution in [2.24, 2.45) is 0 Å². The van der Waals surface area contributed by atoms with E-state index in [1.54, 1.807) is 12.1 Å². The molecule has 1 aliphatic carbocycles. The fraction of sp³-hybridized carbons (Fsp3) is 0.235. The van der Waals surface area contributed by atoms with E-state index in [-0.39, 0.29) is 12.4 Å². The molecule has 3 aromatic rings. The average Bonchev–Trinajstić information content (AvgIpc) is 3.23. The van der Waals surface area contributed by atoms with E-state index in [0.29, 0.717) is 5.92 Å². The van der Waals surface area contributed by atoms with Gasteiger partial charge in [0.15, 0.2) is 0 Å². The van der Waals surface area contributed by atoms with Crippen LogP contribution in [0.5, 0.6) is 0 Å². The minimum absolute atomic E-state index is 0.0484. The molecule has 1 fully saturated rings. The molecule has 4 rings (SSSR count). The highest BCUT2D eigenvalue weighted by molar-refractivity contribution is 5.71. The molecule has 1 N–H and O–H groups in total. The van der Waals surface area contributed by atoms with Gasteiger partial charge in [-0.1, -0.05) is 0 Å². The highest BCUT2D eigenvalue weighted by atomic mass is 19.1. The van der Waals surface area contributed by atoms with Crippen LogP contribution in [-0.2, 0) is 6.61 Å². The lowest BCUT2D eigenvalue weighted by molar-refractivity contribution is 0.280. The zero-order valence-corrected chi connectivity index (χ0v) is 11.5. The van der Waals surface area contributed by atoms with Gasteiger partial charge in [-0.15, -0.1) is 0 Å². The lowest BCUT2D eigenvalue weighted by Gasteiger charge is -2.14. The first kappa shape index (κ1) is 12.5. The summed E-state index contributed by atoms with van der Waals surface area (Å²) in [5.74, 6) is 0.237. The molecule has 0 unspecified atom stereocenters. The summed E-state index contributed by atoms with van der Waals surface area (Å²) in [5, 5.41) is 14.5. The lowest BCUT2D eigenvalue weighted by Crippen LogP contribution is -2.05. The van der Waals surface area contributed by atoms with Gasteiger partial charge in [-0.2, -0.15) is 5.10 Å². The molecule has 21 heavy (non-hydrogen) atoms. The number of hydrogen-bond acceptors (Lipinski definition) is 2. The molecule has 106 valence electrons. The Kier molecular flexibility index (Phi) is 2.79. The van der Waals surface area contributed by atoms with Gasteiger partial charge in [0.1, 0.15) is 5.82 Å². The number of hydrogen-bond donors (Lipinski definition) is 1. The van der Waals surface area contributed by atoms with E-state index in [2.05, 4.69) is 5.10 Å². The summed E-state index contributed by atoms with van der Waals surface area (Å²) in [6, 6.07) is 10.3. The molecule has 0 radical (unpaired) electrons. The Morgan fingerprint density at radius 1 is 1.19 bits per heavy atom. The third-order valence-corrected chi connectivity index (χ3v) is 4.08. The van der Waals surface area contributed by atoms with Gasteiger partial charge in [0.25, 0.3) is 0 Å². The van der Waals surface area contributed by atoms with Crippen molar-refractivity contribution in [3.63, 3.8) is 0 Å². The molecule has 0 aliphatic heterocycles. The molecule has 0 saturated heterocycles. The Morgan fingerprint density at radius 2 is 1.95 bits per heavy atom. The predicted molar refractivity (Wildman–Crippen MR) is 78.5 cm³/mol. The summed E-state index contributed by atoms with van der Waals surface area (Å²) in [5.41, 5.74) is 4.69. The molecule has 2 heterocycles. The molecule has 0 amide bonds. The van der Waals surface area contributed by atoms with Crippen LogP contribution >= 0.6 is 0 Å². The third kappa shape index (κ3) is 2.03. The van der Waals surface area contributed by atoms with Crippen LogP contribution in [-0.4, -0.2) is 14.7 Å². The van der Waals surface area contributed by atoms with E-state index < -0.39 is 0 Å². The van der Waals surface area contributed by atoms with Crippen LogP contribution < -0.4 is 0 Å². The molecule has 4 heteroatoms.